The molecule has 0 aliphatic heterocycles. The van der Waals surface area contributed by atoms with Crippen molar-refractivity contribution in [3.63, 3.8) is 0 Å². The Balaban J connectivity index is 2.15. The minimum absolute atomic E-state index is 0.303. The smallest absolute Gasteiger partial charge is 0.124 e. The molecule has 0 aliphatic carbocycles. The highest BCUT2D eigenvalue weighted by molar-refractivity contribution is 6.31. The third kappa shape index (κ3) is 3.37. The molecular weight excluding hydrogens is 263 g/mol. The zero-order valence-electron chi connectivity index (χ0n) is 11.2. The number of nitrogens with one attached hydrogen (secondary N) is 1. The minimum atomic E-state index is -0.303. The maximum Gasteiger partial charge on any atom is 0.124 e. The quantitative estimate of drug-likeness (QED) is 0.876. The minimum Gasteiger partial charge on any atom is -0.350 e. The predicted molar refractivity (Wildman–Crippen MR) is 77.0 cm³/mol. The molecule has 2 rings (SSSR count). The van der Waals surface area contributed by atoms with Gasteiger partial charge in [-0.1, -0.05) is 24.6 Å². The lowest BCUT2D eigenvalue weighted by Crippen LogP contribution is -2.14. The fraction of sp³-hybridized carbons (Fsp3) is 0.333. The molecule has 102 valence electrons. The fourth-order valence-corrected chi connectivity index (χ4v) is 2.44. The first kappa shape index (κ1) is 14.1. The molecule has 0 amide bonds. The van der Waals surface area contributed by atoms with E-state index in [-0.39, 0.29) is 5.82 Å². The van der Waals surface area contributed by atoms with Gasteiger partial charge >= 0.3 is 0 Å². The van der Waals surface area contributed by atoms with E-state index in [1.807, 2.05) is 13.2 Å². The SMILES string of the molecule is CCC(NC)c1ccn(Cc2ccc(F)cc2Cl)c1. The van der Waals surface area contributed by atoms with Gasteiger partial charge in [0.05, 0.1) is 0 Å². The summed E-state index contributed by atoms with van der Waals surface area (Å²) in [5, 5.41) is 3.74. The van der Waals surface area contributed by atoms with Gasteiger partial charge < -0.3 is 9.88 Å². The summed E-state index contributed by atoms with van der Waals surface area (Å²) in [6.07, 6.45) is 5.16. The first-order valence-corrected chi connectivity index (χ1v) is 6.78. The van der Waals surface area contributed by atoms with Gasteiger partial charge in [0.2, 0.25) is 0 Å². The highest BCUT2D eigenvalue weighted by Crippen LogP contribution is 2.21. The largest absolute Gasteiger partial charge is 0.350 e. The Bertz CT molecular complexity index is 547. The first-order valence-electron chi connectivity index (χ1n) is 6.41. The lowest BCUT2D eigenvalue weighted by Gasteiger charge is -2.11. The summed E-state index contributed by atoms with van der Waals surface area (Å²) in [5.74, 6) is -0.303. The van der Waals surface area contributed by atoms with Gasteiger partial charge in [-0.15, -0.1) is 0 Å². The summed E-state index contributed by atoms with van der Waals surface area (Å²) in [7, 11) is 1.96. The van der Waals surface area contributed by atoms with E-state index in [0.29, 0.717) is 17.6 Å². The van der Waals surface area contributed by atoms with Gasteiger partial charge in [0.1, 0.15) is 5.82 Å². The molecule has 0 radical (unpaired) electrons. The van der Waals surface area contributed by atoms with E-state index < -0.39 is 0 Å². The second-order valence-electron chi connectivity index (χ2n) is 4.60. The molecule has 2 nitrogen and oxygen atoms in total. The summed E-state index contributed by atoms with van der Waals surface area (Å²) in [5.41, 5.74) is 2.17. The zero-order valence-corrected chi connectivity index (χ0v) is 11.9. The highest BCUT2D eigenvalue weighted by Gasteiger charge is 2.09. The second kappa shape index (κ2) is 6.22. The predicted octanol–water partition coefficient (Wildman–Crippen LogP) is 4.00. The van der Waals surface area contributed by atoms with Crippen LogP contribution in [0.4, 0.5) is 4.39 Å². The molecule has 0 aliphatic rings. The maximum atomic E-state index is 13.0. The molecule has 1 aromatic heterocycles. The Kier molecular flexibility index (Phi) is 4.61. The van der Waals surface area contributed by atoms with E-state index in [2.05, 4.69) is 29.1 Å². The molecule has 4 heteroatoms. The number of rotatable bonds is 5. The monoisotopic (exact) mass is 280 g/mol. The van der Waals surface area contributed by atoms with Gasteiger partial charge in [-0.3, -0.25) is 0 Å². The van der Waals surface area contributed by atoms with E-state index in [9.17, 15) is 4.39 Å². The first-order chi connectivity index (χ1) is 9.13. The number of benzene rings is 1. The summed E-state index contributed by atoms with van der Waals surface area (Å²) in [6, 6.07) is 6.98. The van der Waals surface area contributed by atoms with E-state index >= 15 is 0 Å². The molecule has 2 aromatic rings. The van der Waals surface area contributed by atoms with Crippen molar-refractivity contribution in [2.24, 2.45) is 0 Å². The van der Waals surface area contributed by atoms with Gasteiger partial charge in [0, 0.05) is 30.0 Å². The molecule has 1 aromatic carbocycles. The van der Waals surface area contributed by atoms with Crippen LogP contribution in [0.2, 0.25) is 5.02 Å². The second-order valence-corrected chi connectivity index (χ2v) is 5.01. The van der Waals surface area contributed by atoms with Crippen molar-refractivity contribution in [2.75, 3.05) is 7.05 Å². The van der Waals surface area contributed by atoms with Gasteiger partial charge in [-0.2, -0.15) is 0 Å². The van der Waals surface area contributed by atoms with Crippen molar-refractivity contribution in [2.45, 2.75) is 25.9 Å². The standard InChI is InChI=1S/C15H18ClFN2/c1-3-15(18-2)12-6-7-19(10-12)9-11-4-5-13(17)8-14(11)16/h4-8,10,15,18H,3,9H2,1-2H3. The van der Waals surface area contributed by atoms with Crippen LogP contribution in [0, 0.1) is 5.82 Å². The van der Waals surface area contributed by atoms with E-state index in [0.717, 1.165) is 12.0 Å². The maximum absolute atomic E-state index is 13.0. The molecule has 0 saturated carbocycles. The molecule has 1 atom stereocenters. The van der Waals surface area contributed by atoms with Crippen molar-refractivity contribution in [3.05, 3.63) is 58.6 Å². The van der Waals surface area contributed by atoms with Crippen molar-refractivity contribution in [1.82, 2.24) is 9.88 Å². The topological polar surface area (TPSA) is 17.0 Å². The third-order valence-electron chi connectivity index (χ3n) is 3.30. The van der Waals surface area contributed by atoms with Crippen molar-refractivity contribution in [1.29, 1.82) is 0 Å². The van der Waals surface area contributed by atoms with E-state index in [1.165, 1.54) is 17.7 Å². The van der Waals surface area contributed by atoms with E-state index in [1.54, 1.807) is 6.07 Å². The van der Waals surface area contributed by atoms with Crippen LogP contribution in [-0.4, -0.2) is 11.6 Å². The number of hydrogen-bond donors (Lipinski definition) is 1. The van der Waals surface area contributed by atoms with Crippen molar-refractivity contribution < 1.29 is 4.39 Å². The van der Waals surface area contributed by atoms with Crippen LogP contribution in [0.3, 0.4) is 0 Å². The van der Waals surface area contributed by atoms with Gasteiger partial charge in [0.25, 0.3) is 0 Å². The molecule has 0 fully saturated rings. The molecule has 1 N–H and O–H groups in total. The van der Waals surface area contributed by atoms with Crippen LogP contribution in [0.25, 0.3) is 0 Å². The highest BCUT2D eigenvalue weighted by atomic mass is 35.5. The molecule has 19 heavy (non-hydrogen) atoms. The van der Waals surface area contributed by atoms with Crippen molar-refractivity contribution in [3.8, 4) is 0 Å². The molecule has 0 saturated heterocycles. The summed E-state index contributed by atoms with van der Waals surface area (Å²) in [4.78, 5) is 0. The number of halogens is 2. The fourth-order valence-electron chi connectivity index (χ4n) is 2.22. The Hall–Kier alpha value is -1.32. The molecule has 0 spiro atoms. The van der Waals surface area contributed by atoms with Crippen LogP contribution in [0.15, 0.2) is 36.7 Å². The number of nitrogens with zero attached hydrogens (tertiary/aromatic N) is 1. The Labute approximate surface area is 118 Å². The van der Waals surface area contributed by atoms with Gasteiger partial charge in [0.15, 0.2) is 0 Å². The molecule has 1 unspecified atom stereocenters. The molecule has 0 bridgehead atoms. The van der Waals surface area contributed by atoms with Crippen LogP contribution in [-0.2, 0) is 6.54 Å². The lowest BCUT2D eigenvalue weighted by molar-refractivity contribution is 0.575. The summed E-state index contributed by atoms with van der Waals surface area (Å²) >= 11 is 6.04. The van der Waals surface area contributed by atoms with E-state index in [4.69, 9.17) is 11.6 Å². The van der Waals surface area contributed by atoms with Gasteiger partial charge in [-0.25, -0.2) is 4.39 Å². The van der Waals surface area contributed by atoms with Crippen LogP contribution in [0.5, 0.6) is 0 Å². The summed E-state index contributed by atoms with van der Waals surface area (Å²) < 4.78 is 15.1. The average molecular weight is 281 g/mol. The van der Waals surface area contributed by atoms with Crippen LogP contribution in [0.1, 0.15) is 30.5 Å². The summed E-state index contributed by atoms with van der Waals surface area (Å²) in [6.45, 7) is 2.80. The average Bonchev–Trinajstić information content (AvgIpc) is 2.83. The molecule has 1 heterocycles. The van der Waals surface area contributed by atoms with Crippen LogP contribution < -0.4 is 5.32 Å². The lowest BCUT2D eigenvalue weighted by atomic mass is 10.1. The number of hydrogen-bond acceptors (Lipinski definition) is 1. The Morgan fingerprint density at radius 1 is 1.37 bits per heavy atom. The number of aromatic nitrogens is 1. The van der Waals surface area contributed by atoms with Gasteiger partial charge in [-0.05, 0) is 42.8 Å². The Morgan fingerprint density at radius 3 is 2.79 bits per heavy atom. The Morgan fingerprint density at radius 2 is 2.16 bits per heavy atom. The normalized spacial score (nSPS) is 12.6. The third-order valence-corrected chi connectivity index (χ3v) is 3.65. The van der Waals surface area contributed by atoms with Crippen LogP contribution >= 0.6 is 11.6 Å². The van der Waals surface area contributed by atoms with Crippen molar-refractivity contribution >= 4 is 11.6 Å². The molecular formula is C15H18ClFN2. The zero-order chi connectivity index (χ0) is 13.8.